The van der Waals surface area contributed by atoms with E-state index in [0.717, 1.165) is 21.0 Å². The minimum Gasteiger partial charge on any atom is -0.482 e. The normalized spacial score (nSPS) is 13.6. The van der Waals surface area contributed by atoms with Gasteiger partial charge < -0.3 is 15.4 Å². The van der Waals surface area contributed by atoms with Crippen molar-refractivity contribution in [1.29, 1.82) is 0 Å². The van der Waals surface area contributed by atoms with Crippen LogP contribution < -0.4 is 21.1 Å². The molecule has 0 atom stereocenters. The topological polar surface area (TPSA) is 95.4 Å². The number of rotatable bonds is 6. The van der Waals surface area contributed by atoms with Gasteiger partial charge in [-0.3, -0.25) is 9.36 Å². The van der Waals surface area contributed by atoms with Crippen LogP contribution in [0.25, 0.3) is 10.4 Å². The monoisotopic (exact) mass is 465 g/mol. The number of nitrogens with two attached hydrogens (primary N) is 1. The molecule has 1 amide bonds. The van der Waals surface area contributed by atoms with E-state index >= 15 is 0 Å². The van der Waals surface area contributed by atoms with Gasteiger partial charge in [-0.05, 0) is 41.5 Å². The highest BCUT2D eigenvalue weighted by molar-refractivity contribution is 7.15. The van der Waals surface area contributed by atoms with Gasteiger partial charge in [-0.15, -0.1) is 23.7 Å². The van der Waals surface area contributed by atoms with E-state index in [9.17, 15) is 14.0 Å². The number of nitrogens with zero attached hydrogens (tertiary/aromatic N) is 4. The highest BCUT2D eigenvalue weighted by Crippen LogP contribution is 2.37. The van der Waals surface area contributed by atoms with E-state index in [0.29, 0.717) is 24.2 Å². The molecule has 0 aliphatic carbocycles. The zero-order valence-electron chi connectivity index (χ0n) is 16.7. The van der Waals surface area contributed by atoms with Gasteiger partial charge in [-0.25, -0.2) is 13.9 Å². The van der Waals surface area contributed by atoms with Crippen molar-refractivity contribution in [2.75, 3.05) is 25.1 Å². The average Bonchev–Trinajstić information content (AvgIpc) is 3.36. The molecular formula is C20H21ClFN5O3S. The van der Waals surface area contributed by atoms with Crippen molar-refractivity contribution >= 4 is 35.3 Å². The van der Waals surface area contributed by atoms with Crippen LogP contribution in [-0.4, -0.2) is 40.5 Å². The predicted octanol–water partition coefficient (Wildman–Crippen LogP) is 2.41. The summed E-state index contributed by atoms with van der Waals surface area (Å²) in [4.78, 5) is 27.9. The Bertz CT molecular complexity index is 1190. The molecule has 8 nitrogen and oxygen atoms in total. The quantitative estimate of drug-likeness (QED) is 0.603. The van der Waals surface area contributed by atoms with E-state index in [1.54, 1.807) is 23.3 Å². The lowest BCUT2D eigenvalue weighted by atomic mass is 10.1. The number of amides is 1. The summed E-state index contributed by atoms with van der Waals surface area (Å²) < 4.78 is 20.8. The van der Waals surface area contributed by atoms with Gasteiger partial charge in [0.25, 0.3) is 5.91 Å². The van der Waals surface area contributed by atoms with Gasteiger partial charge in [-0.2, -0.15) is 5.10 Å². The molecule has 2 aromatic heterocycles. The molecule has 0 unspecified atom stereocenters. The fraction of sp³-hybridized carbons (Fsp3) is 0.250. The molecule has 1 aliphatic heterocycles. The van der Waals surface area contributed by atoms with E-state index in [1.807, 2.05) is 30.3 Å². The molecule has 3 heterocycles. The Labute approximate surface area is 187 Å². The van der Waals surface area contributed by atoms with Crippen molar-refractivity contribution in [1.82, 2.24) is 14.3 Å². The van der Waals surface area contributed by atoms with Gasteiger partial charge in [0.05, 0.1) is 25.1 Å². The number of benzene rings is 1. The largest absolute Gasteiger partial charge is 0.482 e. The number of hydrogen-bond acceptors (Lipinski definition) is 6. The van der Waals surface area contributed by atoms with Crippen LogP contribution in [0.3, 0.4) is 0 Å². The maximum atomic E-state index is 12.7. The number of anilines is 1. The lowest BCUT2D eigenvalue weighted by Crippen LogP contribution is -2.35. The molecule has 2 N–H and O–H groups in total. The van der Waals surface area contributed by atoms with Crippen molar-refractivity contribution in [3.05, 3.63) is 63.9 Å². The maximum absolute atomic E-state index is 12.7. The molecule has 0 saturated heterocycles. The van der Waals surface area contributed by atoms with Gasteiger partial charge in [0.15, 0.2) is 6.61 Å². The third-order valence-electron chi connectivity index (χ3n) is 4.88. The zero-order valence-corrected chi connectivity index (χ0v) is 18.3. The minimum atomic E-state index is -0.330. The van der Waals surface area contributed by atoms with E-state index in [2.05, 4.69) is 5.10 Å². The molecule has 31 heavy (non-hydrogen) atoms. The molecular weight excluding hydrogens is 445 g/mol. The summed E-state index contributed by atoms with van der Waals surface area (Å²) in [6, 6.07) is 9.64. The van der Waals surface area contributed by atoms with Crippen molar-refractivity contribution < 1.29 is 13.9 Å². The van der Waals surface area contributed by atoms with Crippen LogP contribution >= 0.6 is 23.7 Å². The van der Waals surface area contributed by atoms with Crippen molar-refractivity contribution in [3.8, 4) is 16.2 Å². The number of likely N-dealkylation sites (N-methyl/N-ethyl adjacent to an activating group) is 1. The second-order valence-corrected chi connectivity index (χ2v) is 8.03. The molecule has 0 bridgehead atoms. The summed E-state index contributed by atoms with van der Waals surface area (Å²) in [6.07, 6.45) is 1.84. The fourth-order valence-corrected chi connectivity index (χ4v) is 4.14. The van der Waals surface area contributed by atoms with Gasteiger partial charge in [0, 0.05) is 23.3 Å². The molecule has 164 valence electrons. The number of halogens is 2. The second-order valence-electron chi connectivity index (χ2n) is 6.86. The van der Waals surface area contributed by atoms with E-state index in [4.69, 9.17) is 10.5 Å². The molecule has 0 spiro atoms. The second kappa shape index (κ2) is 9.46. The predicted molar refractivity (Wildman–Crippen MR) is 120 cm³/mol. The van der Waals surface area contributed by atoms with Crippen LogP contribution in [0, 0.1) is 0 Å². The Morgan fingerprint density at radius 3 is 2.87 bits per heavy atom. The Morgan fingerprint density at radius 2 is 2.13 bits per heavy atom. The minimum absolute atomic E-state index is 0. The zero-order chi connectivity index (χ0) is 21.3. The third kappa shape index (κ3) is 4.55. The maximum Gasteiger partial charge on any atom is 0.346 e. The summed E-state index contributed by atoms with van der Waals surface area (Å²) in [7, 11) is 1.73. The molecule has 11 heteroatoms. The Hall–Kier alpha value is -2.95. The van der Waals surface area contributed by atoms with Gasteiger partial charge in [0.2, 0.25) is 0 Å². The highest BCUT2D eigenvalue weighted by atomic mass is 35.5. The standard InChI is InChI=1S/C20H20FN5O3S.ClH/c1-24-16-6-14(2-4-17(16)29-11-19(24)27)18-5-3-15(30-18)10-25-12-23-26(20(25)28)9-13(7-21)8-22;/h2-7,12H,8-11,22H2,1H3;1H/b13-7+;. The number of aromatic nitrogens is 3. The smallest absolute Gasteiger partial charge is 0.346 e. The molecule has 1 aromatic carbocycles. The first-order chi connectivity index (χ1) is 14.5. The Balaban J connectivity index is 0.00000272. The SMILES string of the molecule is CN1C(=O)COc2ccc(-c3ccc(Cn4cnn(C/C(=C/F)CN)c4=O)s3)cc21.Cl. The van der Waals surface area contributed by atoms with Gasteiger partial charge in [0.1, 0.15) is 12.1 Å². The van der Waals surface area contributed by atoms with Crippen molar-refractivity contribution in [2.24, 2.45) is 5.73 Å². The van der Waals surface area contributed by atoms with E-state index in [1.165, 1.54) is 15.6 Å². The third-order valence-corrected chi connectivity index (χ3v) is 6.00. The van der Waals surface area contributed by atoms with Gasteiger partial charge >= 0.3 is 5.69 Å². The van der Waals surface area contributed by atoms with Gasteiger partial charge in [-0.1, -0.05) is 0 Å². The van der Waals surface area contributed by atoms with E-state index < -0.39 is 0 Å². The Kier molecular flexibility index (Phi) is 6.94. The summed E-state index contributed by atoms with van der Waals surface area (Å²) in [6.45, 7) is 0.449. The molecule has 0 radical (unpaired) electrons. The van der Waals surface area contributed by atoms with Crippen LogP contribution in [0.4, 0.5) is 10.1 Å². The number of thiophene rings is 1. The number of carbonyl (C=O) groups excluding carboxylic acids is 1. The van der Waals surface area contributed by atoms with Crippen molar-refractivity contribution in [3.63, 3.8) is 0 Å². The number of ether oxygens (including phenoxy) is 1. The first-order valence-electron chi connectivity index (χ1n) is 9.23. The van der Waals surface area contributed by atoms with Crippen LogP contribution in [0.2, 0.25) is 0 Å². The van der Waals surface area contributed by atoms with Crippen molar-refractivity contribution in [2.45, 2.75) is 13.1 Å². The first-order valence-corrected chi connectivity index (χ1v) is 10.0. The van der Waals surface area contributed by atoms with E-state index in [-0.39, 0.29) is 43.7 Å². The molecule has 3 aromatic rings. The Morgan fingerprint density at radius 1 is 1.32 bits per heavy atom. The molecule has 0 saturated carbocycles. The van der Waals surface area contributed by atoms with Crippen LogP contribution in [0.1, 0.15) is 4.88 Å². The van der Waals surface area contributed by atoms with Crippen LogP contribution in [0.5, 0.6) is 5.75 Å². The number of fused-ring (bicyclic) bond motifs is 1. The molecule has 1 aliphatic rings. The summed E-state index contributed by atoms with van der Waals surface area (Å²) in [5.74, 6) is 0.582. The lowest BCUT2D eigenvalue weighted by Gasteiger charge is -2.26. The summed E-state index contributed by atoms with van der Waals surface area (Å²) >= 11 is 1.54. The van der Waals surface area contributed by atoms with Crippen LogP contribution in [-0.2, 0) is 17.9 Å². The lowest BCUT2D eigenvalue weighted by molar-refractivity contribution is -0.120. The van der Waals surface area contributed by atoms with Crippen LogP contribution in [0.15, 0.2) is 53.4 Å². The highest BCUT2D eigenvalue weighted by Gasteiger charge is 2.22. The first kappa shape index (κ1) is 22.7. The number of hydrogen-bond donors (Lipinski definition) is 1. The summed E-state index contributed by atoms with van der Waals surface area (Å²) in [5, 5.41) is 4.03. The average molecular weight is 466 g/mol. The fourth-order valence-electron chi connectivity index (χ4n) is 3.14. The summed E-state index contributed by atoms with van der Waals surface area (Å²) in [5.41, 5.74) is 7.09. The molecule has 0 fully saturated rings. The number of carbonyl (C=O) groups is 1. The molecule has 4 rings (SSSR count).